The number of rotatable bonds is 7. The number of carbonyl (C=O) groups is 2. The quantitative estimate of drug-likeness (QED) is 0.717. The van der Waals surface area contributed by atoms with Crippen LogP contribution < -0.4 is 0 Å². The smallest absolute Gasteiger partial charge is 0.313 e. The first kappa shape index (κ1) is 18.6. The van der Waals surface area contributed by atoms with Gasteiger partial charge in [0.15, 0.2) is 0 Å². The van der Waals surface area contributed by atoms with E-state index in [2.05, 4.69) is 0 Å². The third kappa shape index (κ3) is 5.14. The highest BCUT2D eigenvalue weighted by molar-refractivity contribution is 5.78. The van der Waals surface area contributed by atoms with Gasteiger partial charge < -0.3 is 9.47 Å². The SMILES string of the molecule is CCOC(=O)Cc1cccc([C@H](C)C(=O)OCc2ccccc2)c1F. The Morgan fingerprint density at radius 2 is 1.76 bits per heavy atom. The molecule has 0 heterocycles. The van der Waals surface area contributed by atoms with Crippen molar-refractivity contribution in [3.05, 3.63) is 71.0 Å². The summed E-state index contributed by atoms with van der Waals surface area (Å²) in [7, 11) is 0. The average molecular weight is 344 g/mol. The summed E-state index contributed by atoms with van der Waals surface area (Å²) < 4.78 is 24.7. The lowest BCUT2D eigenvalue weighted by Gasteiger charge is -2.14. The number of esters is 2. The van der Waals surface area contributed by atoms with E-state index in [9.17, 15) is 14.0 Å². The van der Waals surface area contributed by atoms with Gasteiger partial charge in [-0.3, -0.25) is 9.59 Å². The molecule has 0 bridgehead atoms. The Balaban J connectivity index is 2.06. The maximum Gasteiger partial charge on any atom is 0.313 e. The maximum absolute atomic E-state index is 14.6. The molecule has 0 aromatic heterocycles. The van der Waals surface area contributed by atoms with Crippen LogP contribution in [0.15, 0.2) is 48.5 Å². The van der Waals surface area contributed by atoms with Crippen LogP contribution in [0.4, 0.5) is 4.39 Å². The Bertz CT molecular complexity index is 728. The normalized spacial score (nSPS) is 11.6. The van der Waals surface area contributed by atoms with Crippen LogP contribution in [0.25, 0.3) is 0 Å². The van der Waals surface area contributed by atoms with Crippen molar-refractivity contribution >= 4 is 11.9 Å². The van der Waals surface area contributed by atoms with E-state index in [4.69, 9.17) is 9.47 Å². The molecule has 0 saturated carbocycles. The molecule has 4 nitrogen and oxygen atoms in total. The molecule has 0 aliphatic heterocycles. The fraction of sp³-hybridized carbons (Fsp3) is 0.300. The number of ether oxygens (including phenoxy) is 2. The summed E-state index contributed by atoms with van der Waals surface area (Å²) >= 11 is 0. The number of halogens is 1. The summed E-state index contributed by atoms with van der Waals surface area (Å²) in [4.78, 5) is 23.8. The molecule has 2 rings (SSSR count). The lowest BCUT2D eigenvalue weighted by Crippen LogP contribution is -2.16. The third-order valence-electron chi connectivity index (χ3n) is 3.79. The van der Waals surface area contributed by atoms with E-state index < -0.39 is 23.7 Å². The monoisotopic (exact) mass is 344 g/mol. The van der Waals surface area contributed by atoms with E-state index in [1.807, 2.05) is 30.3 Å². The van der Waals surface area contributed by atoms with Gasteiger partial charge in [-0.15, -0.1) is 0 Å². The van der Waals surface area contributed by atoms with Gasteiger partial charge in [0, 0.05) is 5.56 Å². The predicted octanol–water partition coefficient (Wildman–Crippen LogP) is 3.78. The van der Waals surface area contributed by atoms with Crippen LogP contribution in [0.1, 0.15) is 36.5 Å². The van der Waals surface area contributed by atoms with Crippen LogP contribution in [-0.2, 0) is 32.1 Å². The lowest BCUT2D eigenvalue weighted by atomic mass is 9.97. The Morgan fingerprint density at radius 3 is 2.44 bits per heavy atom. The highest BCUT2D eigenvalue weighted by Gasteiger charge is 2.22. The number of benzene rings is 2. The summed E-state index contributed by atoms with van der Waals surface area (Å²) in [6.07, 6.45) is -0.167. The minimum atomic E-state index is -0.772. The van der Waals surface area contributed by atoms with Gasteiger partial charge in [0.05, 0.1) is 18.9 Å². The standard InChI is InChI=1S/C20H21FO4/c1-3-24-18(22)12-16-10-7-11-17(19(16)21)14(2)20(23)25-13-15-8-5-4-6-9-15/h4-11,14H,3,12-13H2,1-2H3/t14-/m0/s1. The number of hydrogen-bond donors (Lipinski definition) is 0. The summed E-state index contributed by atoms with van der Waals surface area (Å²) in [5.74, 6) is -2.36. The second-order valence-electron chi connectivity index (χ2n) is 5.62. The molecule has 0 unspecified atom stereocenters. The molecule has 1 atom stereocenters. The number of carbonyl (C=O) groups excluding carboxylic acids is 2. The van der Waals surface area contributed by atoms with Crippen molar-refractivity contribution in [2.45, 2.75) is 32.8 Å². The maximum atomic E-state index is 14.6. The van der Waals surface area contributed by atoms with Crippen LogP contribution in [0.5, 0.6) is 0 Å². The largest absolute Gasteiger partial charge is 0.466 e. The summed E-state index contributed by atoms with van der Waals surface area (Å²) in [5, 5.41) is 0. The van der Waals surface area contributed by atoms with Gasteiger partial charge in [-0.25, -0.2) is 4.39 Å². The molecule has 25 heavy (non-hydrogen) atoms. The van der Waals surface area contributed by atoms with Crippen molar-refractivity contribution in [1.29, 1.82) is 0 Å². The highest BCUT2D eigenvalue weighted by atomic mass is 19.1. The highest BCUT2D eigenvalue weighted by Crippen LogP contribution is 2.24. The Kier molecular flexibility index (Phi) is 6.69. The second kappa shape index (κ2) is 8.97. The average Bonchev–Trinajstić information content (AvgIpc) is 2.62. The van der Waals surface area contributed by atoms with Crippen molar-refractivity contribution < 1.29 is 23.5 Å². The van der Waals surface area contributed by atoms with E-state index in [1.165, 1.54) is 12.1 Å². The molecule has 0 aliphatic carbocycles. The zero-order chi connectivity index (χ0) is 18.2. The Hall–Kier alpha value is -2.69. The molecule has 2 aromatic rings. The van der Waals surface area contributed by atoms with Crippen LogP contribution in [0.3, 0.4) is 0 Å². The molecule has 0 aliphatic rings. The summed E-state index contributed by atoms with van der Waals surface area (Å²) in [6.45, 7) is 3.64. The molecule has 2 aromatic carbocycles. The van der Waals surface area contributed by atoms with Crippen molar-refractivity contribution in [2.24, 2.45) is 0 Å². The molecule has 0 saturated heterocycles. The van der Waals surface area contributed by atoms with Gasteiger partial charge in [-0.1, -0.05) is 48.5 Å². The van der Waals surface area contributed by atoms with Crippen molar-refractivity contribution in [3.63, 3.8) is 0 Å². The van der Waals surface area contributed by atoms with Crippen LogP contribution in [0, 0.1) is 5.82 Å². The van der Waals surface area contributed by atoms with Gasteiger partial charge in [0.2, 0.25) is 0 Å². The van der Waals surface area contributed by atoms with E-state index in [0.29, 0.717) is 0 Å². The molecular formula is C20H21FO4. The van der Waals surface area contributed by atoms with Crippen molar-refractivity contribution in [3.8, 4) is 0 Å². The first-order chi connectivity index (χ1) is 12.0. The van der Waals surface area contributed by atoms with Crippen LogP contribution >= 0.6 is 0 Å². The van der Waals surface area contributed by atoms with Crippen LogP contribution in [-0.4, -0.2) is 18.5 Å². The topological polar surface area (TPSA) is 52.6 Å². The fourth-order valence-corrected chi connectivity index (χ4v) is 2.42. The Morgan fingerprint density at radius 1 is 1.04 bits per heavy atom. The zero-order valence-corrected chi connectivity index (χ0v) is 14.3. The van der Waals surface area contributed by atoms with Gasteiger partial charge in [0.25, 0.3) is 0 Å². The van der Waals surface area contributed by atoms with Crippen molar-refractivity contribution in [1.82, 2.24) is 0 Å². The van der Waals surface area contributed by atoms with Crippen molar-refractivity contribution in [2.75, 3.05) is 6.61 Å². The van der Waals surface area contributed by atoms with Gasteiger partial charge >= 0.3 is 11.9 Å². The number of hydrogen-bond acceptors (Lipinski definition) is 4. The van der Waals surface area contributed by atoms with E-state index in [0.717, 1.165) is 5.56 Å². The first-order valence-electron chi connectivity index (χ1n) is 8.16. The second-order valence-corrected chi connectivity index (χ2v) is 5.62. The lowest BCUT2D eigenvalue weighted by molar-refractivity contribution is -0.146. The van der Waals surface area contributed by atoms with Gasteiger partial charge in [-0.05, 0) is 25.0 Å². The van der Waals surface area contributed by atoms with E-state index in [-0.39, 0.29) is 30.8 Å². The van der Waals surface area contributed by atoms with Crippen LogP contribution in [0.2, 0.25) is 0 Å². The Labute approximate surface area is 146 Å². The van der Waals surface area contributed by atoms with E-state index >= 15 is 0 Å². The van der Waals surface area contributed by atoms with Gasteiger partial charge in [-0.2, -0.15) is 0 Å². The summed E-state index contributed by atoms with van der Waals surface area (Å²) in [6, 6.07) is 13.9. The third-order valence-corrected chi connectivity index (χ3v) is 3.79. The fourth-order valence-electron chi connectivity index (χ4n) is 2.42. The molecule has 5 heteroatoms. The summed E-state index contributed by atoms with van der Waals surface area (Å²) in [5.41, 5.74) is 1.28. The van der Waals surface area contributed by atoms with E-state index in [1.54, 1.807) is 19.9 Å². The molecule has 0 radical (unpaired) electrons. The molecule has 0 amide bonds. The molecular weight excluding hydrogens is 323 g/mol. The zero-order valence-electron chi connectivity index (χ0n) is 14.3. The van der Waals surface area contributed by atoms with Gasteiger partial charge in [0.1, 0.15) is 12.4 Å². The molecule has 0 spiro atoms. The molecule has 132 valence electrons. The minimum Gasteiger partial charge on any atom is -0.466 e. The first-order valence-corrected chi connectivity index (χ1v) is 8.16. The molecule has 0 fully saturated rings. The molecule has 0 N–H and O–H groups in total. The minimum absolute atomic E-state index is 0.133. The predicted molar refractivity (Wildman–Crippen MR) is 91.4 cm³/mol.